The molecule has 3 aromatic carbocycles. The van der Waals surface area contributed by atoms with Gasteiger partial charge in [-0.15, -0.1) is 0 Å². The molecule has 11 heteroatoms. The lowest BCUT2D eigenvalue weighted by Crippen LogP contribution is -2.20. The molecule has 0 aliphatic carbocycles. The standard InChI is InChI=1S/C28H29BrClN3O6/c1-5-37-24-13-19(8-10-23(24)36-4)28(35)33-31-15-18-11-21(29)27(25(12-18)38-6-2)39-16-26(34)32-20-9-7-17(3)22(30)14-20/h7-15H,5-6,16H2,1-4H3,(H,32,34)(H,33,35)/b31-15+. The summed E-state index contributed by atoms with van der Waals surface area (Å²) in [5, 5.41) is 7.36. The van der Waals surface area contributed by atoms with Crippen LogP contribution in [0.4, 0.5) is 5.69 Å². The van der Waals surface area contributed by atoms with Crippen LogP contribution in [-0.4, -0.2) is 45.0 Å². The van der Waals surface area contributed by atoms with E-state index in [2.05, 4.69) is 31.8 Å². The molecule has 0 aromatic heterocycles. The number of aryl methyl sites for hydroxylation is 1. The van der Waals surface area contributed by atoms with Gasteiger partial charge in [-0.25, -0.2) is 5.43 Å². The number of amides is 2. The van der Waals surface area contributed by atoms with Gasteiger partial charge in [0.15, 0.2) is 29.6 Å². The van der Waals surface area contributed by atoms with Crippen LogP contribution >= 0.6 is 27.5 Å². The zero-order valence-electron chi connectivity index (χ0n) is 22.0. The highest BCUT2D eigenvalue weighted by Gasteiger charge is 2.15. The number of nitrogens with one attached hydrogen (secondary N) is 2. The molecule has 2 N–H and O–H groups in total. The first kappa shape index (κ1) is 29.8. The van der Waals surface area contributed by atoms with Gasteiger partial charge in [-0.3, -0.25) is 9.59 Å². The van der Waals surface area contributed by atoms with E-state index in [4.69, 9.17) is 30.5 Å². The van der Waals surface area contributed by atoms with E-state index >= 15 is 0 Å². The van der Waals surface area contributed by atoms with Gasteiger partial charge in [-0.05, 0) is 90.3 Å². The van der Waals surface area contributed by atoms with Crippen molar-refractivity contribution in [2.24, 2.45) is 5.10 Å². The fourth-order valence-corrected chi connectivity index (χ4v) is 4.14. The lowest BCUT2D eigenvalue weighted by Gasteiger charge is -2.15. The molecule has 0 atom stereocenters. The highest BCUT2D eigenvalue weighted by molar-refractivity contribution is 9.10. The number of hydrogen-bond acceptors (Lipinski definition) is 7. The van der Waals surface area contributed by atoms with Crippen LogP contribution in [-0.2, 0) is 4.79 Å². The largest absolute Gasteiger partial charge is 0.493 e. The van der Waals surface area contributed by atoms with Crippen molar-refractivity contribution in [1.82, 2.24) is 5.43 Å². The molecule has 0 saturated heterocycles. The molecule has 0 aliphatic rings. The Kier molecular flexibility index (Phi) is 11.0. The first-order valence-electron chi connectivity index (χ1n) is 12.0. The van der Waals surface area contributed by atoms with Crippen molar-refractivity contribution in [1.29, 1.82) is 0 Å². The molecular weight excluding hydrogens is 590 g/mol. The van der Waals surface area contributed by atoms with Crippen LogP contribution in [0.1, 0.15) is 35.3 Å². The molecule has 0 bridgehead atoms. The topological polar surface area (TPSA) is 107 Å². The number of ether oxygens (including phenoxy) is 4. The van der Waals surface area contributed by atoms with Crippen LogP contribution in [0.25, 0.3) is 0 Å². The zero-order valence-corrected chi connectivity index (χ0v) is 24.3. The summed E-state index contributed by atoms with van der Waals surface area (Å²) in [7, 11) is 1.53. The third kappa shape index (κ3) is 8.36. The number of rotatable bonds is 12. The Balaban J connectivity index is 1.67. The smallest absolute Gasteiger partial charge is 0.271 e. The molecule has 0 saturated carbocycles. The number of methoxy groups -OCH3 is 1. The average molecular weight is 619 g/mol. The molecule has 0 spiro atoms. The number of anilines is 1. The van der Waals surface area contributed by atoms with Gasteiger partial charge in [0.05, 0.1) is 31.0 Å². The van der Waals surface area contributed by atoms with E-state index in [9.17, 15) is 9.59 Å². The molecule has 3 aromatic rings. The van der Waals surface area contributed by atoms with Crippen molar-refractivity contribution in [2.45, 2.75) is 20.8 Å². The third-order valence-corrected chi connectivity index (χ3v) is 6.24. The van der Waals surface area contributed by atoms with E-state index in [0.29, 0.717) is 62.5 Å². The molecule has 206 valence electrons. The Labute approximate surface area is 240 Å². The summed E-state index contributed by atoms with van der Waals surface area (Å²) in [6, 6.07) is 13.5. The average Bonchev–Trinajstić information content (AvgIpc) is 2.90. The minimum atomic E-state index is -0.417. The molecule has 39 heavy (non-hydrogen) atoms. The Bertz CT molecular complexity index is 1370. The maximum absolute atomic E-state index is 12.6. The second kappa shape index (κ2) is 14.4. The summed E-state index contributed by atoms with van der Waals surface area (Å²) in [6.45, 7) is 6.11. The van der Waals surface area contributed by atoms with Gasteiger partial charge in [0, 0.05) is 16.3 Å². The van der Waals surface area contributed by atoms with Crippen LogP contribution in [0.5, 0.6) is 23.0 Å². The molecule has 0 fully saturated rings. The zero-order chi connectivity index (χ0) is 28.4. The Hall–Kier alpha value is -3.76. The summed E-state index contributed by atoms with van der Waals surface area (Å²) >= 11 is 9.59. The molecule has 0 unspecified atom stereocenters. The Morgan fingerprint density at radius 2 is 1.72 bits per heavy atom. The predicted molar refractivity (Wildman–Crippen MR) is 155 cm³/mol. The minimum Gasteiger partial charge on any atom is -0.493 e. The second-order valence-corrected chi connectivity index (χ2v) is 9.32. The van der Waals surface area contributed by atoms with Gasteiger partial charge >= 0.3 is 0 Å². The number of nitrogens with zero attached hydrogens (tertiary/aromatic N) is 1. The SMILES string of the molecule is CCOc1cc(C(=O)N/N=C/c2cc(Br)c(OCC(=O)Nc3ccc(C)c(Cl)c3)c(OCC)c2)ccc1OC. The fraction of sp³-hybridized carbons (Fsp3) is 0.250. The molecular formula is C28H29BrClN3O6. The number of hydrazone groups is 1. The van der Waals surface area contributed by atoms with Crippen LogP contribution in [0.2, 0.25) is 5.02 Å². The lowest BCUT2D eigenvalue weighted by atomic mass is 10.2. The maximum atomic E-state index is 12.6. The second-order valence-electron chi connectivity index (χ2n) is 8.06. The summed E-state index contributed by atoms with van der Waals surface area (Å²) in [5.74, 6) is 0.987. The van der Waals surface area contributed by atoms with Crippen molar-refractivity contribution in [3.8, 4) is 23.0 Å². The molecule has 0 radical (unpaired) electrons. The lowest BCUT2D eigenvalue weighted by molar-refractivity contribution is -0.118. The van der Waals surface area contributed by atoms with Crippen molar-refractivity contribution >= 4 is 51.2 Å². The molecule has 3 rings (SSSR count). The summed E-state index contributed by atoms with van der Waals surface area (Å²) in [6.07, 6.45) is 1.47. The van der Waals surface area contributed by atoms with E-state index in [-0.39, 0.29) is 12.5 Å². The normalized spacial score (nSPS) is 10.7. The van der Waals surface area contributed by atoms with Gasteiger partial charge < -0.3 is 24.3 Å². The van der Waals surface area contributed by atoms with Crippen LogP contribution in [0.15, 0.2) is 58.1 Å². The van der Waals surface area contributed by atoms with Crippen LogP contribution < -0.4 is 29.7 Å². The highest BCUT2D eigenvalue weighted by Crippen LogP contribution is 2.36. The Morgan fingerprint density at radius 1 is 0.974 bits per heavy atom. The van der Waals surface area contributed by atoms with Gasteiger partial charge in [0.1, 0.15) is 0 Å². The van der Waals surface area contributed by atoms with E-state index in [0.717, 1.165) is 5.56 Å². The number of benzene rings is 3. The third-order valence-electron chi connectivity index (χ3n) is 5.24. The fourth-order valence-electron chi connectivity index (χ4n) is 3.39. The van der Waals surface area contributed by atoms with E-state index < -0.39 is 5.91 Å². The highest BCUT2D eigenvalue weighted by atomic mass is 79.9. The predicted octanol–water partition coefficient (Wildman–Crippen LogP) is 6.00. The molecule has 2 amide bonds. The number of hydrogen-bond donors (Lipinski definition) is 2. The van der Waals surface area contributed by atoms with Crippen molar-refractivity contribution in [3.63, 3.8) is 0 Å². The monoisotopic (exact) mass is 617 g/mol. The molecule has 0 heterocycles. The quantitative estimate of drug-likeness (QED) is 0.191. The molecule has 0 aliphatic heterocycles. The van der Waals surface area contributed by atoms with E-state index in [1.54, 1.807) is 42.5 Å². The Morgan fingerprint density at radius 3 is 2.41 bits per heavy atom. The summed E-state index contributed by atoms with van der Waals surface area (Å²) < 4.78 is 22.8. The van der Waals surface area contributed by atoms with Gasteiger partial charge in [-0.1, -0.05) is 17.7 Å². The first-order valence-corrected chi connectivity index (χ1v) is 13.2. The van der Waals surface area contributed by atoms with Crippen LogP contribution in [0, 0.1) is 6.92 Å². The van der Waals surface area contributed by atoms with E-state index in [1.807, 2.05) is 26.8 Å². The van der Waals surface area contributed by atoms with Crippen molar-refractivity contribution < 1.29 is 28.5 Å². The summed E-state index contributed by atoms with van der Waals surface area (Å²) in [4.78, 5) is 25.0. The maximum Gasteiger partial charge on any atom is 0.271 e. The first-order chi connectivity index (χ1) is 18.7. The molecule has 9 nitrogen and oxygen atoms in total. The van der Waals surface area contributed by atoms with E-state index in [1.165, 1.54) is 13.3 Å². The number of carbonyl (C=O) groups is 2. The minimum absolute atomic E-state index is 0.251. The number of carbonyl (C=O) groups excluding carboxylic acids is 2. The van der Waals surface area contributed by atoms with Crippen LogP contribution in [0.3, 0.4) is 0 Å². The summed E-state index contributed by atoms with van der Waals surface area (Å²) in [5.41, 5.74) is 4.97. The van der Waals surface area contributed by atoms with Gasteiger partial charge in [-0.2, -0.15) is 5.10 Å². The van der Waals surface area contributed by atoms with Gasteiger partial charge in [0.25, 0.3) is 11.8 Å². The number of halogens is 2. The van der Waals surface area contributed by atoms with Crippen molar-refractivity contribution in [2.75, 3.05) is 32.2 Å². The van der Waals surface area contributed by atoms with Crippen molar-refractivity contribution in [3.05, 3.63) is 74.7 Å². The van der Waals surface area contributed by atoms with Gasteiger partial charge in [0.2, 0.25) is 0 Å².